The van der Waals surface area contributed by atoms with Gasteiger partial charge in [0.15, 0.2) is 16.3 Å². The molecule has 1 aromatic heterocycles. The summed E-state index contributed by atoms with van der Waals surface area (Å²) >= 11 is 3.50. The zero-order valence-electron chi connectivity index (χ0n) is 23.4. The second-order valence-corrected chi connectivity index (χ2v) is 11.4. The van der Waals surface area contributed by atoms with Crippen LogP contribution < -0.4 is 29.1 Å². The fourth-order valence-corrected chi connectivity index (χ4v) is 6.25. The highest BCUT2D eigenvalue weighted by atomic mass is 127. The summed E-state index contributed by atoms with van der Waals surface area (Å²) in [6.45, 7) is 12.5. The van der Waals surface area contributed by atoms with Crippen LogP contribution in [0.3, 0.4) is 0 Å². The van der Waals surface area contributed by atoms with Crippen LogP contribution in [0.1, 0.15) is 58.7 Å². The molecule has 0 amide bonds. The summed E-state index contributed by atoms with van der Waals surface area (Å²) in [6, 6.07) is 10.6. The average Bonchev–Trinajstić information content (AvgIpc) is 3.20. The van der Waals surface area contributed by atoms with Gasteiger partial charge in [0.05, 0.1) is 51.3 Å². The third-order valence-corrected chi connectivity index (χ3v) is 7.79. The molecule has 0 unspecified atom stereocenters. The number of aromatic nitrogens is 1. The van der Waals surface area contributed by atoms with Crippen LogP contribution >= 0.6 is 33.9 Å². The van der Waals surface area contributed by atoms with Crippen LogP contribution in [0.25, 0.3) is 6.08 Å². The molecule has 1 aliphatic rings. The Morgan fingerprint density at radius 1 is 1.10 bits per heavy atom. The molecule has 0 spiro atoms. The van der Waals surface area contributed by atoms with Gasteiger partial charge < -0.3 is 18.9 Å². The van der Waals surface area contributed by atoms with E-state index < -0.39 is 12.0 Å². The SMILES string of the molecule is CCOC(=O)C1=C(C)N=c2s/c(=C\c3cc(I)c(OC(C)C)c(OCC)c3)c(=O)n2[C@H]1c1ccc(OCC)cc1. The van der Waals surface area contributed by atoms with Gasteiger partial charge >= 0.3 is 5.97 Å². The topological polar surface area (TPSA) is 88.4 Å². The van der Waals surface area contributed by atoms with Crippen molar-refractivity contribution in [3.63, 3.8) is 0 Å². The quantitative estimate of drug-likeness (QED) is 0.222. The summed E-state index contributed by atoms with van der Waals surface area (Å²) in [4.78, 5) is 32.2. The van der Waals surface area contributed by atoms with Crippen molar-refractivity contribution < 1.29 is 23.7 Å². The number of nitrogens with zero attached hydrogens (tertiary/aromatic N) is 2. The first-order valence-electron chi connectivity index (χ1n) is 13.2. The van der Waals surface area contributed by atoms with Crippen molar-refractivity contribution in [1.82, 2.24) is 4.57 Å². The second kappa shape index (κ2) is 13.0. The minimum atomic E-state index is -0.686. The minimum absolute atomic E-state index is 0.0123. The van der Waals surface area contributed by atoms with E-state index in [1.54, 1.807) is 18.4 Å². The van der Waals surface area contributed by atoms with E-state index in [1.807, 2.05) is 70.2 Å². The molecule has 1 atom stereocenters. The van der Waals surface area contributed by atoms with Crippen molar-refractivity contribution in [1.29, 1.82) is 0 Å². The molecular formula is C30H33IN2O6S. The molecule has 0 fully saturated rings. The maximum Gasteiger partial charge on any atom is 0.338 e. The number of carbonyl (C=O) groups excluding carboxylic acids is 1. The van der Waals surface area contributed by atoms with Gasteiger partial charge in [-0.3, -0.25) is 9.36 Å². The minimum Gasteiger partial charge on any atom is -0.494 e. The van der Waals surface area contributed by atoms with Crippen molar-refractivity contribution in [2.24, 2.45) is 4.99 Å². The molecule has 8 nitrogen and oxygen atoms in total. The molecule has 1 aliphatic heterocycles. The molecular weight excluding hydrogens is 643 g/mol. The molecule has 2 aromatic carbocycles. The lowest BCUT2D eigenvalue weighted by Crippen LogP contribution is -2.39. The zero-order valence-corrected chi connectivity index (χ0v) is 26.4. The standard InChI is InChI=1S/C30H33IN2O6S/c1-7-36-21-12-10-20(11-13-21)26-25(29(35)38-9-3)18(6)32-30-33(26)28(34)24(40-30)16-19-14-22(31)27(39-17(4)5)23(15-19)37-8-2/h10-17,26H,7-9H2,1-6H3/b24-16-/t26-/m0/s1. The second-order valence-electron chi connectivity index (χ2n) is 9.23. The lowest BCUT2D eigenvalue weighted by molar-refractivity contribution is -0.139. The first kappa shape index (κ1) is 29.9. The van der Waals surface area contributed by atoms with E-state index >= 15 is 0 Å². The number of hydrogen-bond donors (Lipinski definition) is 0. The number of esters is 1. The first-order chi connectivity index (χ1) is 19.2. The van der Waals surface area contributed by atoms with E-state index in [9.17, 15) is 9.59 Å². The Balaban J connectivity index is 1.89. The summed E-state index contributed by atoms with van der Waals surface area (Å²) in [5.41, 5.74) is 2.18. The van der Waals surface area contributed by atoms with Crippen LogP contribution in [0.15, 0.2) is 57.5 Å². The molecule has 0 radical (unpaired) electrons. The highest BCUT2D eigenvalue weighted by Crippen LogP contribution is 2.35. The third-order valence-electron chi connectivity index (χ3n) is 6.01. The molecule has 0 aliphatic carbocycles. The lowest BCUT2D eigenvalue weighted by atomic mass is 9.96. The highest BCUT2D eigenvalue weighted by molar-refractivity contribution is 14.1. The largest absolute Gasteiger partial charge is 0.494 e. The molecule has 10 heteroatoms. The van der Waals surface area contributed by atoms with E-state index in [0.29, 0.717) is 51.1 Å². The lowest BCUT2D eigenvalue weighted by Gasteiger charge is -2.24. The number of thiazole rings is 1. The van der Waals surface area contributed by atoms with Crippen LogP contribution in [0.2, 0.25) is 0 Å². The molecule has 0 saturated carbocycles. The maximum atomic E-state index is 13.9. The van der Waals surface area contributed by atoms with Gasteiger partial charge in [-0.15, -0.1) is 0 Å². The van der Waals surface area contributed by atoms with Gasteiger partial charge in [0.2, 0.25) is 0 Å². The van der Waals surface area contributed by atoms with Crippen molar-refractivity contribution in [2.75, 3.05) is 19.8 Å². The number of ether oxygens (including phenoxy) is 4. The van der Waals surface area contributed by atoms with Gasteiger partial charge in [0.1, 0.15) is 5.75 Å². The summed E-state index contributed by atoms with van der Waals surface area (Å²) in [6.07, 6.45) is 1.81. The van der Waals surface area contributed by atoms with Crippen molar-refractivity contribution in [3.05, 3.63) is 82.1 Å². The van der Waals surface area contributed by atoms with E-state index in [4.69, 9.17) is 18.9 Å². The Bertz CT molecular complexity index is 1600. The fraction of sp³-hybridized carbons (Fsp3) is 0.367. The number of rotatable bonds is 10. The Labute approximate surface area is 251 Å². The van der Waals surface area contributed by atoms with Crippen LogP contribution in [0.5, 0.6) is 17.2 Å². The molecule has 2 heterocycles. The molecule has 0 bridgehead atoms. The number of hydrogen-bond acceptors (Lipinski definition) is 8. The van der Waals surface area contributed by atoms with Gasteiger partial charge in [-0.2, -0.15) is 0 Å². The van der Waals surface area contributed by atoms with Gasteiger partial charge in [0.25, 0.3) is 5.56 Å². The number of benzene rings is 2. The Morgan fingerprint density at radius 3 is 2.42 bits per heavy atom. The maximum absolute atomic E-state index is 13.9. The smallest absolute Gasteiger partial charge is 0.338 e. The first-order valence-corrected chi connectivity index (χ1v) is 15.1. The van der Waals surface area contributed by atoms with E-state index in [1.165, 1.54) is 11.3 Å². The number of carbonyl (C=O) groups is 1. The molecule has 0 N–H and O–H groups in total. The highest BCUT2D eigenvalue weighted by Gasteiger charge is 2.33. The average molecular weight is 677 g/mol. The predicted octanol–water partition coefficient (Wildman–Crippen LogP) is 4.99. The van der Waals surface area contributed by atoms with Crippen LogP contribution in [0, 0.1) is 3.57 Å². The molecule has 212 valence electrons. The van der Waals surface area contributed by atoms with Gasteiger partial charge in [-0.25, -0.2) is 9.79 Å². The van der Waals surface area contributed by atoms with Gasteiger partial charge in [0, 0.05) is 0 Å². The van der Waals surface area contributed by atoms with Crippen molar-refractivity contribution in [3.8, 4) is 17.2 Å². The normalized spacial score (nSPS) is 15.1. The summed E-state index contributed by atoms with van der Waals surface area (Å²) in [5.74, 6) is 1.52. The summed E-state index contributed by atoms with van der Waals surface area (Å²) < 4.78 is 25.8. The fourth-order valence-electron chi connectivity index (χ4n) is 4.46. The number of allylic oxidation sites excluding steroid dienone is 1. The molecule has 3 aromatic rings. The van der Waals surface area contributed by atoms with Crippen LogP contribution in [-0.2, 0) is 9.53 Å². The molecule has 4 rings (SSSR count). The number of halogens is 1. The Hall–Kier alpha value is -3.12. The van der Waals surface area contributed by atoms with Crippen molar-refractivity contribution in [2.45, 2.75) is 53.7 Å². The summed E-state index contributed by atoms with van der Waals surface area (Å²) in [5, 5.41) is 0. The Morgan fingerprint density at radius 2 is 1.80 bits per heavy atom. The predicted molar refractivity (Wildman–Crippen MR) is 164 cm³/mol. The van der Waals surface area contributed by atoms with Crippen LogP contribution in [-0.4, -0.2) is 36.5 Å². The number of fused-ring (bicyclic) bond motifs is 1. The molecule has 0 saturated heterocycles. The van der Waals surface area contributed by atoms with Crippen molar-refractivity contribution >= 4 is 46.0 Å². The zero-order chi connectivity index (χ0) is 29.0. The monoisotopic (exact) mass is 676 g/mol. The van der Waals surface area contributed by atoms with Gasteiger partial charge in [-0.05, 0) is 106 Å². The van der Waals surface area contributed by atoms with E-state index in [2.05, 4.69) is 27.6 Å². The summed E-state index contributed by atoms with van der Waals surface area (Å²) in [7, 11) is 0. The van der Waals surface area contributed by atoms with Crippen LogP contribution in [0.4, 0.5) is 0 Å². The van der Waals surface area contributed by atoms with E-state index in [-0.39, 0.29) is 18.3 Å². The molecule has 40 heavy (non-hydrogen) atoms. The third kappa shape index (κ3) is 6.27. The Kier molecular flexibility index (Phi) is 9.72. The van der Waals surface area contributed by atoms with E-state index in [0.717, 1.165) is 14.7 Å². The van der Waals surface area contributed by atoms with Gasteiger partial charge in [-0.1, -0.05) is 23.5 Å².